The monoisotopic (exact) mass is 136 g/mol. The van der Waals surface area contributed by atoms with Gasteiger partial charge >= 0.3 is 0 Å². The Balaban J connectivity index is 3.07. The molecule has 0 fully saturated rings. The van der Waals surface area contributed by atoms with Gasteiger partial charge < -0.3 is 14.6 Å². The highest BCUT2D eigenvalue weighted by molar-refractivity contribution is 6.36. The fraction of sp³-hybridized carbons (Fsp3) is 1.00. The molecule has 0 bridgehead atoms. The van der Waals surface area contributed by atoms with Gasteiger partial charge in [-0.25, -0.2) is 0 Å². The minimum atomic E-state index is -0.553. The molecule has 0 aliphatic rings. The van der Waals surface area contributed by atoms with E-state index >= 15 is 0 Å². The maximum Gasteiger partial charge on any atom is 0.136 e. The second-order valence-corrected chi connectivity index (χ2v) is 3.10. The maximum absolute atomic E-state index is 8.40. The highest BCUT2D eigenvalue weighted by atomic mass is 28.2. The van der Waals surface area contributed by atoms with E-state index in [1.807, 2.05) is 0 Å². The first-order valence-electron chi connectivity index (χ1n) is 2.51. The molecule has 0 aliphatic heterocycles. The molecule has 0 aromatic heterocycles. The quantitative estimate of drug-likeness (QED) is 0.385. The molecule has 0 spiro atoms. The van der Waals surface area contributed by atoms with Crippen LogP contribution in [0.2, 0.25) is 0 Å². The van der Waals surface area contributed by atoms with E-state index in [0.29, 0.717) is 0 Å². The zero-order valence-electron chi connectivity index (χ0n) is 5.26. The normalized spacial score (nSPS) is 12.0. The Kier molecular flexibility index (Phi) is 5.30. The lowest BCUT2D eigenvalue weighted by atomic mass is 11.3. The third-order valence-electron chi connectivity index (χ3n) is 0.891. The fourth-order valence-corrected chi connectivity index (χ4v) is 1.12. The Bertz CT molecular complexity index is 46.5. The molecule has 0 amide bonds. The van der Waals surface area contributed by atoms with Crippen LogP contribution >= 0.6 is 0 Å². The highest BCUT2D eigenvalue weighted by Gasteiger charge is 2.01. The van der Waals surface area contributed by atoms with E-state index in [-0.39, 0.29) is 12.1 Å². The van der Waals surface area contributed by atoms with Crippen LogP contribution in [0, 0.1) is 0 Å². The first-order valence-corrected chi connectivity index (χ1v) is 4.33. The largest absolute Gasteiger partial charge is 0.400 e. The van der Waals surface area contributed by atoms with E-state index in [1.165, 1.54) is 0 Å². The predicted octanol–water partition coefficient (Wildman–Crippen LogP) is -1.32. The lowest BCUT2D eigenvalue weighted by molar-refractivity contribution is -0.0453. The number of aliphatic hydroxyl groups excluding tert-OH is 1. The number of ether oxygens (including phenoxy) is 2. The number of hydrogen-bond donors (Lipinski definition) is 1. The van der Waals surface area contributed by atoms with Gasteiger partial charge in [-0.2, -0.15) is 0 Å². The molecular formula is C4H12O3Si. The molecule has 0 rings (SSSR count). The molecule has 0 radical (unpaired) electrons. The molecule has 0 aromatic carbocycles. The lowest BCUT2D eigenvalue weighted by Crippen LogP contribution is -2.23. The number of rotatable bonds is 4. The number of hydrogen-bond acceptors (Lipinski definition) is 3. The summed E-state index contributed by atoms with van der Waals surface area (Å²) in [5.74, 6) is -0.111. The fourth-order valence-electron chi connectivity index (χ4n) is 0.437. The molecular weight excluding hydrogens is 124 g/mol. The molecule has 4 heteroatoms. The van der Waals surface area contributed by atoms with E-state index in [1.54, 1.807) is 14.2 Å². The summed E-state index contributed by atoms with van der Waals surface area (Å²) in [7, 11) is 2.61. The summed E-state index contributed by atoms with van der Waals surface area (Å²) in [5, 5.41) is 8.40. The smallest absolute Gasteiger partial charge is 0.136 e. The third-order valence-corrected chi connectivity index (χ3v) is 2.29. The molecule has 3 nitrogen and oxygen atoms in total. The average Bonchev–Trinajstić information content (AvgIpc) is 1.83. The topological polar surface area (TPSA) is 38.7 Å². The van der Waals surface area contributed by atoms with Gasteiger partial charge in [-0.1, -0.05) is 0 Å². The minimum absolute atomic E-state index is 0.111. The molecule has 8 heavy (non-hydrogen) atoms. The van der Waals surface area contributed by atoms with Crippen LogP contribution in [0.3, 0.4) is 0 Å². The molecule has 0 saturated heterocycles. The second-order valence-electron chi connectivity index (χ2n) is 1.41. The van der Waals surface area contributed by atoms with Crippen LogP contribution in [-0.2, 0) is 9.47 Å². The molecule has 1 N–H and O–H groups in total. The summed E-state index contributed by atoms with van der Waals surface area (Å²) in [6.45, 7) is 0. The average molecular weight is 136 g/mol. The lowest BCUT2D eigenvalue weighted by Gasteiger charge is -2.09. The molecule has 0 atom stereocenters. The van der Waals surface area contributed by atoms with Crippen molar-refractivity contribution >= 4 is 9.52 Å². The first kappa shape index (κ1) is 8.10. The van der Waals surface area contributed by atoms with Crippen molar-refractivity contribution in [1.82, 2.24) is 0 Å². The van der Waals surface area contributed by atoms with Crippen LogP contribution in [-0.4, -0.2) is 41.0 Å². The van der Waals surface area contributed by atoms with Crippen LogP contribution < -0.4 is 0 Å². The number of methoxy groups -OCH3 is 2. The van der Waals surface area contributed by atoms with Crippen molar-refractivity contribution in [3.8, 4) is 0 Å². The van der Waals surface area contributed by atoms with Crippen molar-refractivity contribution in [3.05, 3.63) is 0 Å². The van der Waals surface area contributed by atoms with Gasteiger partial charge in [0.15, 0.2) is 0 Å². The summed E-state index contributed by atoms with van der Waals surface area (Å²) in [6, 6.07) is 0. The van der Waals surface area contributed by atoms with Crippen molar-refractivity contribution in [2.24, 2.45) is 0 Å². The Morgan fingerprint density at radius 1 is 1.50 bits per heavy atom. The van der Waals surface area contributed by atoms with Gasteiger partial charge in [-0.3, -0.25) is 0 Å². The molecule has 0 aromatic rings. The summed E-state index contributed by atoms with van der Waals surface area (Å²) < 4.78 is 9.64. The van der Waals surface area contributed by atoms with Crippen LogP contribution in [0.1, 0.15) is 0 Å². The third kappa shape index (κ3) is 3.14. The minimum Gasteiger partial charge on any atom is -0.400 e. The van der Waals surface area contributed by atoms with E-state index in [2.05, 4.69) is 0 Å². The van der Waals surface area contributed by atoms with Crippen LogP contribution in [0.15, 0.2) is 0 Å². The van der Waals surface area contributed by atoms with Crippen LogP contribution in [0.5, 0.6) is 0 Å². The second kappa shape index (κ2) is 5.24. The van der Waals surface area contributed by atoms with Crippen molar-refractivity contribution in [2.45, 2.75) is 5.91 Å². The van der Waals surface area contributed by atoms with Crippen molar-refractivity contribution < 1.29 is 14.6 Å². The molecule has 50 valence electrons. The summed E-state index contributed by atoms with van der Waals surface area (Å²) in [5.41, 5.74) is 0. The standard InChI is InChI=1S/C4H12O3Si/c1-6-4(7-2)8-3-5/h4-5H,3,8H2,1-2H3. The van der Waals surface area contributed by atoms with Crippen molar-refractivity contribution in [3.63, 3.8) is 0 Å². The highest BCUT2D eigenvalue weighted by Crippen LogP contribution is 1.84. The van der Waals surface area contributed by atoms with E-state index < -0.39 is 9.52 Å². The molecule has 0 saturated carbocycles. The van der Waals surface area contributed by atoms with Gasteiger partial charge in [0, 0.05) is 20.4 Å². The van der Waals surface area contributed by atoms with Gasteiger partial charge in [0.05, 0.1) is 0 Å². The SMILES string of the molecule is COC(OC)[SiH2]CO. The Morgan fingerprint density at radius 3 is 2.12 bits per heavy atom. The van der Waals surface area contributed by atoms with Gasteiger partial charge in [0.2, 0.25) is 0 Å². The Morgan fingerprint density at radius 2 is 2.00 bits per heavy atom. The zero-order valence-corrected chi connectivity index (χ0v) is 6.67. The maximum atomic E-state index is 8.40. The summed E-state index contributed by atoms with van der Waals surface area (Å²) >= 11 is 0. The Labute approximate surface area is 51.4 Å². The van der Waals surface area contributed by atoms with Gasteiger partial charge in [-0.15, -0.1) is 0 Å². The van der Waals surface area contributed by atoms with Crippen molar-refractivity contribution in [1.29, 1.82) is 0 Å². The van der Waals surface area contributed by atoms with E-state index in [4.69, 9.17) is 14.6 Å². The molecule has 0 unspecified atom stereocenters. The summed E-state index contributed by atoms with van der Waals surface area (Å²) in [4.78, 5) is 0. The Hall–Kier alpha value is 0.0969. The predicted molar refractivity (Wildman–Crippen MR) is 33.4 cm³/mol. The van der Waals surface area contributed by atoms with Crippen LogP contribution in [0.25, 0.3) is 0 Å². The van der Waals surface area contributed by atoms with E-state index in [9.17, 15) is 0 Å². The van der Waals surface area contributed by atoms with Crippen molar-refractivity contribution in [2.75, 3.05) is 20.4 Å². The molecule has 0 aliphatic carbocycles. The van der Waals surface area contributed by atoms with Gasteiger partial charge in [-0.05, 0) is 0 Å². The van der Waals surface area contributed by atoms with Gasteiger partial charge in [0.1, 0.15) is 15.4 Å². The first-order chi connectivity index (χ1) is 3.85. The van der Waals surface area contributed by atoms with Gasteiger partial charge in [0.25, 0.3) is 0 Å². The zero-order chi connectivity index (χ0) is 6.41. The summed E-state index contributed by atoms with van der Waals surface area (Å²) in [6.07, 6.45) is 0.242. The molecule has 0 heterocycles. The van der Waals surface area contributed by atoms with Crippen LogP contribution in [0.4, 0.5) is 0 Å². The van der Waals surface area contributed by atoms with E-state index in [0.717, 1.165) is 0 Å². The number of aliphatic hydroxyl groups is 1.